The lowest BCUT2D eigenvalue weighted by Crippen LogP contribution is -2.37. The van der Waals surface area contributed by atoms with Crippen molar-refractivity contribution in [2.24, 2.45) is 0 Å². The SMILES string of the molecule is COCC(O)CNC(=O)Nc1ccc(Cl)c(C(F)(F)F)c1. The number of carbonyl (C=O) groups excluding carboxylic acids is 1. The lowest BCUT2D eigenvalue weighted by atomic mass is 10.2. The van der Waals surface area contributed by atoms with E-state index in [4.69, 9.17) is 11.6 Å². The molecule has 0 aliphatic rings. The monoisotopic (exact) mass is 326 g/mol. The fraction of sp³-hybridized carbons (Fsp3) is 0.417. The third-order valence-corrected chi connectivity index (χ3v) is 2.72. The normalized spacial score (nSPS) is 12.9. The molecule has 21 heavy (non-hydrogen) atoms. The maximum atomic E-state index is 12.6. The summed E-state index contributed by atoms with van der Waals surface area (Å²) in [5.41, 5.74) is -1.10. The van der Waals surface area contributed by atoms with Gasteiger partial charge in [-0.05, 0) is 18.2 Å². The Morgan fingerprint density at radius 1 is 1.48 bits per heavy atom. The van der Waals surface area contributed by atoms with Crippen molar-refractivity contribution in [2.45, 2.75) is 12.3 Å². The first kappa shape index (κ1) is 17.5. The van der Waals surface area contributed by atoms with Crippen molar-refractivity contribution < 1.29 is 27.8 Å². The summed E-state index contributed by atoms with van der Waals surface area (Å²) in [5.74, 6) is 0. The number of urea groups is 1. The molecule has 1 rings (SSSR count). The molecule has 2 amide bonds. The quantitative estimate of drug-likeness (QED) is 0.778. The molecule has 0 saturated heterocycles. The first-order chi connectivity index (χ1) is 9.74. The number of aliphatic hydroxyl groups is 1. The zero-order chi connectivity index (χ0) is 16.0. The molecule has 0 fully saturated rings. The van der Waals surface area contributed by atoms with Gasteiger partial charge < -0.3 is 20.5 Å². The van der Waals surface area contributed by atoms with E-state index in [-0.39, 0.29) is 18.8 Å². The third-order valence-electron chi connectivity index (χ3n) is 2.39. The number of anilines is 1. The van der Waals surface area contributed by atoms with Crippen LogP contribution in [-0.2, 0) is 10.9 Å². The number of carbonyl (C=O) groups is 1. The highest BCUT2D eigenvalue weighted by molar-refractivity contribution is 6.31. The third kappa shape index (κ3) is 5.78. The van der Waals surface area contributed by atoms with Gasteiger partial charge in [0.05, 0.1) is 23.3 Å². The Hall–Kier alpha value is -1.51. The Morgan fingerprint density at radius 3 is 2.71 bits per heavy atom. The Bertz CT molecular complexity index is 497. The lowest BCUT2D eigenvalue weighted by molar-refractivity contribution is -0.137. The number of aliphatic hydroxyl groups excluding tert-OH is 1. The van der Waals surface area contributed by atoms with Crippen LogP contribution in [0, 0.1) is 0 Å². The minimum absolute atomic E-state index is 0.0272. The summed E-state index contributed by atoms with van der Waals surface area (Å²) in [7, 11) is 1.38. The van der Waals surface area contributed by atoms with Gasteiger partial charge in [0, 0.05) is 19.3 Å². The number of hydrogen-bond donors (Lipinski definition) is 3. The fourth-order valence-electron chi connectivity index (χ4n) is 1.46. The van der Waals surface area contributed by atoms with E-state index in [2.05, 4.69) is 15.4 Å². The average molecular weight is 327 g/mol. The van der Waals surface area contributed by atoms with Crippen LogP contribution in [0.15, 0.2) is 18.2 Å². The summed E-state index contributed by atoms with van der Waals surface area (Å²) in [6.07, 6.45) is -5.52. The predicted octanol–water partition coefficient (Wildman–Crippen LogP) is 2.49. The maximum absolute atomic E-state index is 12.6. The van der Waals surface area contributed by atoms with Crippen molar-refractivity contribution >= 4 is 23.3 Å². The molecule has 0 heterocycles. The first-order valence-electron chi connectivity index (χ1n) is 5.82. The van der Waals surface area contributed by atoms with Gasteiger partial charge in [0.2, 0.25) is 0 Å². The molecule has 0 bridgehead atoms. The van der Waals surface area contributed by atoms with E-state index in [0.717, 1.165) is 12.1 Å². The van der Waals surface area contributed by atoms with Crippen molar-refractivity contribution in [3.05, 3.63) is 28.8 Å². The van der Waals surface area contributed by atoms with Crippen LogP contribution < -0.4 is 10.6 Å². The van der Waals surface area contributed by atoms with Crippen molar-refractivity contribution in [1.29, 1.82) is 0 Å². The number of methoxy groups -OCH3 is 1. The zero-order valence-electron chi connectivity index (χ0n) is 11.0. The molecule has 1 unspecified atom stereocenters. The second-order valence-electron chi connectivity index (χ2n) is 4.14. The molecule has 0 saturated carbocycles. The molecule has 9 heteroatoms. The largest absolute Gasteiger partial charge is 0.417 e. The number of nitrogens with one attached hydrogen (secondary N) is 2. The van der Waals surface area contributed by atoms with Crippen molar-refractivity contribution in [2.75, 3.05) is 25.6 Å². The van der Waals surface area contributed by atoms with Crippen molar-refractivity contribution in [3.8, 4) is 0 Å². The molecule has 1 aromatic carbocycles. The van der Waals surface area contributed by atoms with Gasteiger partial charge in [-0.2, -0.15) is 13.2 Å². The van der Waals surface area contributed by atoms with E-state index in [1.165, 1.54) is 13.2 Å². The summed E-state index contributed by atoms with van der Waals surface area (Å²) in [5, 5.41) is 13.4. The van der Waals surface area contributed by atoms with Crippen molar-refractivity contribution in [1.82, 2.24) is 5.32 Å². The summed E-state index contributed by atoms with van der Waals surface area (Å²) < 4.78 is 42.6. The highest BCUT2D eigenvalue weighted by atomic mass is 35.5. The van der Waals surface area contributed by atoms with E-state index < -0.39 is 28.9 Å². The van der Waals surface area contributed by atoms with Crippen LogP contribution in [0.25, 0.3) is 0 Å². The molecule has 0 spiro atoms. The molecular formula is C12H14ClF3N2O3. The Morgan fingerprint density at radius 2 is 2.14 bits per heavy atom. The Balaban J connectivity index is 2.65. The minimum Gasteiger partial charge on any atom is -0.389 e. The van der Waals surface area contributed by atoms with E-state index >= 15 is 0 Å². The number of hydrogen-bond acceptors (Lipinski definition) is 3. The number of benzene rings is 1. The summed E-state index contributed by atoms with van der Waals surface area (Å²) in [6, 6.07) is 2.26. The molecular weight excluding hydrogens is 313 g/mol. The average Bonchev–Trinajstić information content (AvgIpc) is 2.38. The maximum Gasteiger partial charge on any atom is 0.417 e. The van der Waals surface area contributed by atoms with Crippen molar-refractivity contribution in [3.63, 3.8) is 0 Å². The molecule has 3 N–H and O–H groups in total. The molecule has 118 valence electrons. The van der Waals surface area contributed by atoms with E-state index in [1.807, 2.05) is 0 Å². The van der Waals surface area contributed by atoms with Gasteiger partial charge >= 0.3 is 12.2 Å². The van der Waals surface area contributed by atoms with Gasteiger partial charge in [-0.3, -0.25) is 0 Å². The van der Waals surface area contributed by atoms with Gasteiger partial charge in [-0.1, -0.05) is 11.6 Å². The number of ether oxygens (including phenoxy) is 1. The lowest BCUT2D eigenvalue weighted by Gasteiger charge is -2.13. The van der Waals surface area contributed by atoms with Crippen LogP contribution in [0.5, 0.6) is 0 Å². The fourth-order valence-corrected chi connectivity index (χ4v) is 1.68. The number of alkyl halides is 3. The van der Waals surface area contributed by atoms with Crippen LogP contribution in [0.2, 0.25) is 5.02 Å². The number of halogens is 4. The second kappa shape index (κ2) is 7.48. The smallest absolute Gasteiger partial charge is 0.389 e. The van der Waals surface area contributed by atoms with Gasteiger partial charge in [-0.15, -0.1) is 0 Å². The molecule has 0 radical (unpaired) electrons. The zero-order valence-corrected chi connectivity index (χ0v) is 11.8. The summed E-state index contributed by atoms with van der Waals surface area (Å²) in [4.78, 5) is 11.5. The topological polar surface area (TPSA) is 70.6 Å². The van der Waals surface area contributed by atoms with Gasteiger partial charge in [0.25, 0.3) is 0 Å². The van der Waals surface area contributed by atoms with Crippen LogP contribution in [0.3, 0.4) is 0 Å². The summed E-state index contributed by atoms with van der Waals surface area (Å²) >= 11 is 5.46. The Kier molecular flexibility index (Phi) is 6.25. The standard InChI is InChI=1S/C12H14ClF3N2O3/c1-21-6-8(19)5-17-11(20)18-7-2-3-10(13)9(4-7)12(14,15)16/h2-4,8,19H,5-6H2,1H3,(H2,17,18,20). The second-order valence-corrected chi connectivity index (χ2v) is 4.54. The minimum atomic E-state index is -4.61. The van der Waals surface area contributed by atoms with E-state index in [0.29, 0.717) is 0 Å². The molecule has 0 aliphatic heterocycles. The van der Waals surface area contributed by atoms with Crippen LogP contribution in [-0.4, -0.2) is 37.5 Å². The van der Waals surface area contributed by atoms with Gasteiger partial charge in [-0.25, -0.2) is 4.79 Å². The van der Waals surface area contributed by atoms with Gasteiger partial charge in [0.1, 0.15) is 0 Å². The Labute approximate surface area is 124 Å². The molecule has 0 aliphatic carbocycles. The molecule has 0 aromatic heterocycles. The summed E-state index contributed by atoms with van der Waals surface area (Å²) in [6.45, 7) is -0.0706. The van der Waals surface area contributed by atoms with Crippen LogP contribution in [0.4, 0.5) is 23.7 Å². The van der Waals surface area contributed by atoms with Crippen LogP contribution >= 0.6 is 11.6 Å². The number of amides is 2. The first-order valence-corrected chi connectivity index (χ1v) is 6.20. The van der Waals surface area contributed by atoms with E-state index in [9.17, 15) is 23.1 Å². The van der Waals surface area contributed by atoms with Crippen LogP contribution in [0.1, 0.15) is 5.56 Å². The van der Waals surface area contributed by atoms with Gasteiger partial charge in [0.15, 0.2) is 0 Å². The predicted molar refractivity (Wildman–Crippen MR) is 71.4 cm³/mol. The molecule has 1 atom stereocenters. The number of rotatable bonds is 5. The molecule has 5 nitrogen and oxygen atoms in total. The van der Waals surface area contributed by atoms with E-state index in [1.54, 1.807) is 0 Å². The highest BCUT2D eigenvalue weighted by Crippen LogP contribution is 2.36. The highest BCUT2D eigenvalue weighted by Gasteiger charge is 2.33. The molecule has 1 aromatic rings.